The Morgan fingerprint density at radius 1 is 1.18 bits per heavy atom. The first kappa shape index (κ1) is 11.4. The summed E-state index contributed by atoms with van der Waals surface area (Å²) in [5, 5.41) is 3.33. The smallest absolute Gasteiger partial charge is 0.130 e. The zero-order valence-electron chi connectivity index (χ0n) is 10.0. The van der Waals surface area contributed by atoms with E-state index in [-0.39, 0.29) is 6.04 Å². The maximum absolute atomic E-state index is 5.66. The number of hydrogen-bond acceptors (Lipinski definition) is 4. The summed E-state index contributed by atoms with van der Waals surface area (Å²) in [6.07, 6.45) is 1.75. The van der Waals surface area contributed by atoms with E-state index in [1.807, 2.05) is 37.3 Å². The van der Waals surface area contributed by atoms with Crippen molar-refractivity contribution in [3.63, 3.8) is 0 Å². The number of rotatable bonds is 3. The molecule has 4 heteroatoms. The van der Waals surface area contributed by atoms with E-state index in [4.69, 9.17) is 5.73 Å². The lowest BCUT2D eigenvalue weighted by molar-refractivity contribution is 0.867. The quantitative estimate of drug-likeness (QED) is 0.792. The van der Waals surface area contributed by atoms with Crippen LogP contribution in [0.5, 0.6) is 0 Å². The molecule has 1 aromatic heterocycles. The van der Waals surface area contributed by atoms with Gasteiger partial charge in [0.1, 0.15) is 11.6 Å². The number of anilines is 2. The first-order valence-electron chi connectivity index (χ1n) is 5.57. The van der Waals surface area contributed by atoms with Crippen molar-refractivity contribution in [1.29, 1.82) is 0 Å². The van der Waals surface area contributed by atoms with Gasteiger partial charge < -0.3 is 11.1 Å². The second kappa shape index (κ2) is 4.82. The molecule has 0 radical (unpaired) electrons. The fraction of sp³-hybridized carbons (Fsp3) is 0.231. The summed E-state index contributed by atoms with van der Waals surface area (Å²) in [6, 6.07) is 9.88. The van der Waals surface area contributed by atoms with Crippen molar-refractivity contribution in [2.24, 2.45) is 0 Å². The SMILES string of the molecule is Cc1nccc(NC(C)c2ccc(N)cc2)n1. The first-order chi connectivity index (χ1) is 8.15. The molecule has 1 aromatic carbocycles. The molecule has 0 aliphatic carbocycles. The Morgan fingerprint density at radius 2 is 1.88 bits per heavy atom. The second-order valence-electron chi connectivity index (χ2n) is 4.02. The molecule has 0 aliphatic rings. The molecule has 0 amide bonds. The molecule has 1 atom stereocenters. The van der Waals surface area contributed by atoms with Gasteiger partial charge in [0.2, 0.25) is 0 Å². The van der Waals surface area contributed by atoms with Crippen molar-refractivity contribution in [3.8, 4) is 0 Å². The third-order valence-electron chi connectivity index (χ3n) is 2.58. The Hall–Kier alpha value is -2.10. The minimum atomic E-state index is 0.185. The Labute approximate surface area is 101 Å². The number of nitrogens with zero attached hydrogens (tertiary/aromatic N) is 2. The largest absolute Gasteiger partial charge is 0.399 e. The number of hydrogen-bond donors (Lipinski definition) is 2. The minimum Gasteiger partial charge on any atom is -0.399 e. The van der Waals surface area contributed by atoms with Gasteiger partial charge in [-0.3, -0.25) is 0 Å². The van der Waals surface area contributed by atoms with Gasteiger partial charge in [0, 0.05) is 17.9 Å². The van der Waals surface area contributed by atoms with Crippen molar-refractivity contribution < 1.29 is 0 Å². The molecule has 2 aromatic rings. The molecule has 17 heavy (non-hydrogen) atoms. The molecule has 4 nitrogen and oxygen atoms in total. The topological polar surface area (TPSA) is 63.8 Å². The van der Waals surface area contributed by atoms with E-state index < -0.39 is 0 Å². The van der Waals surface area contributed by atoms with E-state index >= 15 is 0 Å². The maximum atomic E-state index is 5.66. The van der Waals surface area contributed by atoms with Gasteiger partial charge in [-0.1, -0.05) is 12.1 Å². The fourth-order valence-electron chi connectivity index (χ4n) is 1.63. The lowest BCUT2D eigenvalue weighted by Crippen LogP contribution is -2.08. The Balaban J connectivity index is 2.11. The summed E-state index contributed by atoms with van der Waals surface area (Å²) < 4.78 is 0. The van der Waals surface area contributed by atoms with Gasteiger partial charge in [0.15, 0.2) is 0 Å². The van der Waals surface area contributed by atoms with Crippen LogP contribution in [0.25, 0.3) is 0 Å². The molecular formula is C13H16N4. The highest BCUT2D eigenvalue weighted by molar-refractivity contribution is 5.43. The Kier molecular flexibility index (Phi) is 3.23. The molecule has 0 spiro atoms. The summed E-state index contributed by atoms with van der Waals surface area (Å²) in [7, 11) is 0. The minimum absolute atomic E-state index is 0.185. The third-order valence-corrected chi connectivity index (χ3v) is 2.58. The van der Waals surface area contributed by atoms with E-state index in [1.165, 1.54) is 5.56 Å². The Bertz CT molecular complexity index is 493. The van der Waals surface area contributed by atoms with Gasteiger partial charge in [0.05, 0.1) is 0 Å². The number of nitrogen functional groups attached to an aromatic ring is 1. The third kappa shape index (κ3) is 2.93. The van der Waals surface area contributed by atoms with Crippen LogP contribution in [0.15, 0.2) is 36.5 Å². The molecule has 1 unspecified atom stereocenters. The van der Waals surface area contributed by atoms with E-state index in [0.717, 1.165) is 17.3 Å². The second-order valence-corrected chi connectivity index (χ2v) is 4.02. The van der Waals surface area contributed by atoms with Crippen LogP contribution < -0.4 is 11.1 Å². The number of benzene rings is 1. The van der Waals surface area contributed by atoms with Gasteiger partial charge in [0.25, 0.3) is 0 Å². The predicted molar refractivity (Wildman–Crippen MR) is 69.7 cm³/mol. The molecule has 0 bridgehead atoms. The van der Waals surface area contributed by atoms with Crippen molar-refractivity contribution in [2.45, 2.75) is 19.9 Å². The van der Waals surface area contributed by atoms with Crippen LogP contribution in [0.2, 0.25) is 0 Å². The highest BCUT2D eigenvalue weighted by Crippen LogP contribution is 2.18. The molecule has 0 saturated carbocycles. The number of nitrogens with two attached hydrogens (primary N) is 1. The zero-order valence-corrected chi connectivity index (χ0v) is 10.0. The molecule has 2 rings (SSSR count). The number of nitrogens with one attached hydrogen (secondary N) is 1. The van der Waals surface area contributed by atoms with Crippen LogP contribution in [0.4, 0.5) is 11.5 Å². The van der Waals surface area contributed by atoms with Crippen molar-refractivity contribution >= 4 is 11.5 Å². The highest BCUT2D eigenvalue weighted by atomic mass is 15.0. The van der Waals surface area contributed by atoms with E-state index in [9.17, 15) is 0 Å². The summed E-state index contributed by atoms with van der Waals surface area (Å²) in [4.78, 5) is 8.37. The van der Waals surface area contributed by atoms with Crippen LogP contribution in [0.1, 0.15) is 24.4 Å². The van der Waals surface area contributed by atoms with E-state index in [1.54, 1.807) is 6.20 Å². The van der Waals surface area contributed by atoms with Gasteiger partial charge >= 0.3 is 0 Å². The molecule has 0 aliphatic heterocycles. The predicted octanol–water partition coefficient (Wildman–Crippen LogP) is 2.54. The lowest BCUT2D eigenvalue weighted by atomic mass is 10.1. The zero-order chi connectivity index (χ0) is 12.3. The van der Waals surface area contributed by atoms with Gasteiger partial charge in [-0.15, -0.1) is 0 Å². The van der Waals surface area contributed by atoms with Crippen LogP contribution in [0, 0.1) is 6.92 Å². The summed E-state index contributed by atoms with van der Waals surface area (Å²) in [5.74, 6) is 1.60. The van der Waals surface area contributed by atoms with Gasteiger partial charge in [-0.25, -0.2) is 9.97 Å². The monoisotopic (exact) mass is 228 g/mol. The molecule has 1 heterocycles. The standard InChI is InChI=1S/C13H16N4/c1-9(11-3-5-12(14)6-4-11)16-13-7-8-15-10(2)17-13/h3-9H,14H2,1-2H3,(H,15,16,17). The van der Waals surface area contributed by atoms with Crippen molar-refractivity contribution in [3.05, 3.63) is 47.9 Å². The van der Waals surface area contributed by atoms with E-state index in [2.05, 4.69) is 22.2 Å². The maximum Gasteiger partial charge on any atom is 0.130 e. The molecule has 88 valence electrons. The summed E-state index contributed by atoms with van der Waals surface area (Å²) in [6.45, 7) is 3.96. The average molecular weight is 228 g/mol. The van der Waals surface area contributed by atoms with Gasteiger partial charge in [-0.2, -0.15) is 0 Å². The van der Waals surface area contributed by atoms with Crippen LogP contribution in [0.3, 0.4) is 0 Å². The van der Waals surface area contributed by atoms with Gasteiger partial charge in [-0.05, 0) is 37.6 Å². The van der Waals surface area contributed by atoms with E-state index in [0.29, 0.717) is 0 Å². The molecule has 3 N–H and O–H groups in total. The van der Waals surface area contributed by atoms with Crippen LogP contribution in [-0.4, -0.2) is 9.97 Å². The first-order valence-corrected chi connectivity index (χ1v) is 5.57. The molecular weight excluding hydrogens is 212 g/mol. The summed E-state index contributed by atoms with van der Waals surface area (Å²) in [5.41, 5.74) is 7.61. The fourth-order valence-corrected chi connectivity index (χ4v) is 1.63. The van der Waals surface area contributed by atoms with Crippen LogP contribution in [-0.2, 0) is 0 Å². The normalized spacial score (nSPS) is 12.1. The van der Waals surface area contributed by atoms with Crippen molar-refractivity contribution in [2.75, 3.05) is 11.1 Å². The number of aryl methyl sites for hydroxylation is 1. The molecule has 0 fully saturated rings. The lowest BCUT2D eigenvalue weighted by Gasteiger charge is -2.15. The highest BCUT2D eigenvalue weighted by Gasteiger charge is 2.05. The van der Waals surface area contributed by atoms with Crippen molar-refractivity contribution in [1.82, 2.24) is 9.97 Å². The van der Waals surface area contributed by atoms with Crippen LogP contribution >= 0.6 is 0 Å². The average Bonchev–Trinajstić information content (AvgIpc) is 2.29. The number of aromatic nitrogens is 2. The molecule has 0 saturated heterocycles. The summed E-state index contributed by atoms with van der Waals surface area (Å²) >= 11 is 0. The Morgan fingerprint density at radius 3 is 2.53 bits per heavy atom.